The van der Waals surface area contributed by atoms with Crippen molar-refractivity contribution >= 4 is 10.8 Å². The van der Waals surface area contributed by atoms with Crippen LogP contribution in [0.4, 0.5) is 61.5 Å². The Morgan fingerprint density at radius 3 is 1.37 bits per heavy atom. The molecule has 0 aromatic rings. The first-order valence-electron chi connectivity index (χ1n) is 6.81. The summed E-state index contributed by atoms with van der Waals surface area (Å²) in [6, 6.07) is 0.980. The van der Waals surface area contributed by atoms with E-state index in [1.165, 1.54) is 0 Å². The van der Waals surface area contributed by atoms with E-state index in [1.807, 2.05) is 0 Å². The van der Waals surface area contributed by atoms with Crippen molar-refractivity contribution in [1.29, 1.82) is 10.5 Å². The highest BCUT2D eigenvalue weighted by atomic mass is 32.2. The number of rotatable bonds is 8. The van der Waals surface area contributed by atoms with E-state index in [2.05, 4.69) is 0 Å². The SMILES string of the molecule is N#CC(C#N)(CCS(=O)C(F)(F)F)CC(F)(F)C(F)(F)C(F)(F)C(F)(F)C(F)(F)F. The fourth-order valence-corrected chi connectivity index (χ4v) is 2.55. The molecule has 30 heavy (non-hydrogen) atoms. The fraction of sp³-hybridized carbons (Fsp3) is 0.833. The molecule has 0 aromatic heterocycles. The summed E-state index contributed by atoms with van der Waals surface area (Å²) < 4.78 is 189. The molecular formula is C12H6F14N2OS. The van der Waals surface area contributed by atoms with E-state index in [4.69, 9.17) is 10.5 Å². The lowest BCUT2D eigenvalue weighted by Crippen LogP contribution is -2.66. The van der Waals surface area contributed by atoms with Gasteiger partial charge in [-0.3, -0.25) is 4.21 Å². The van der Waals surface area contributed by atoms with Crippen molar-refractivity contribution in [3.63, 3.8) is 0 Å². The maximum Gasteiger partial charge on any atom is 0.471 e. The second-order valence-electron chi connectivity index (χ2n) is 5.65. The molecule has 0 amide bonds. The molecule has 0 heterocycles. The van der Waals surface area contributed by atoms with E-state index in [0.29, 0.717) is 12.1 Å². The van der Waals surface area contributed by atoms with Crippen LogP contribution in [0.3, 0.4) is 0 Å². The highest BCUT2D eigenvalue weighted by Crippen LogP contribution is 2.59. The van der Waals surface area contributed by atoms with Crippen molar-refractivity contribution in [2.24, 2.45) is 5.41 Å². The first-order valence-corrected chi connectivity index (χ1v) is 8.13. The molecule has 174 valence electrons. The molecule has 0 saturated carbocycles. The maximum absolute atomic E-state index is 13.7. The van der Waals surface area contributed by atoms with Crippen LogP contribution in [-0.2, 0) is 10.8 Å². The number of halogens is 14. The predicted octanol–water partition coefficient (Wildman–Crippen LogP) is 5.17. The van der Waals surface area contributed by atoms with Gasteiger partial charge in [-0.15, -0.1) is 0 Å². The van der Waals surface area contributed by atoms with Gasteiger partial charge in [-0.2, -0.15) is 72.0 Å². The van der Waals surface area contributed by atoms with Gasteiger partial charge in [0.1, 0.15) is 10.8 Å². The average Bonchev–Trinajstić information content (AvgIpc) is 2.55. The molecule has 0 rings (SSSR count). The first kappa shape index (κ1) is 28.1. The maximum atomic E-state index is 13.7. The van der Waals surface area contributed by atoms with Crippen molar-refractivity contribution in [2.45, 2.75) is 48.2 Å². The smallest absolute Gasteiger partial charge is 0.251 e. The molecule has 0 radical (unpaired) electrons. The van der Waals surface area contributed by atoms with Gasteiger partial charge >= 0.3 is 35.4 Å². The summed E-state index contributed by atoms with van der Waals surface area (Å²) in [5, 5.41) is 17.3. The Bertz CT molecular complexity index is 728. The zero-order chi connectivity index (χ0) is 24.6. The van der Waals surface area contributed by atoms with Crippen LogP contribution in [0.5, 0.6) is 0 Å². The lowest BCUT2D eigenvalue weighted by Gasteiger charge is -2.38. The minimum Gasteiger partial charge on any atom is -0.251 e. The number of hydrogen-bond donors (Lipinski definition) is 0. The summed E-state index contributed by atoms with van der Waals surface area (Å²) in [6.07, 6.45) is -12.4. The molecule has 0 bridgehead atoms. The lowest BCUT2D eigenvalue weighted by molar-refractivity contribution is -0.423. The fourth-order valence-electron chi connectivity index (χ4n) is 1.78. The quantitative estimate of drug-likeness (QED) is 0.440. The standard InChI is InChI=1S/C12H6F14N2OS/c13-7(14,8(15,16)9(17,18)10(19,20)11(21,22)23)3-6(4-27,5-28)1-2-30(29)12(24,25)26/h1-3H2. The second kappa shape index (κ2) is 8.01. The van der Waals surface area contributed by atoms with Gasteiger partial charge in [-0.1, -0.05) is 0 Å². The summed E-state index contributed by atoms with van der Waals surface area (Å²) in [6.45, 7) is 0. The molecule has 0 aromatic carbocycles. The van der Waals surface area contributed by atoms with Crippen molar-refractivity contribution in [2.75, 3.05) is 5.75 Å². The van der Waals surface area contributed by atoms with E-state index >= 15 is 0 Å². The van der Waals surface area contributed by atoms with Crippen LogP contribution in [-0.4, -0.2) is 45.3 Å². The summed E-state index contributed by atoms with van der Waals surface area (Å²) in [4.78, 5) is 0. The number of alkyl halides is 14. The van der Waals surface area contributed by atoms with Gasteiger partial charge in [-0.25, -0.2) is 0 Å². The van der Waals surface area contributed by atoms with Crippen LogP contribution < -0.4 is 0 Å². The van der Waals surface area contributed by atoms with Crippen molar-refractivity contribution < 1.29 is 65.7 Å². The van der Waals surface area contributed by atoms with Crippen LogP contribution in [0.2, 0.25) is 0 Å². The third kappa shape index (κ3) is 4.89. The monoisotopic (exact) mass is 492 g/mol. The highest BCUT2D eigenvalue weighted by molar-refractivity contribution is 7.85. The minimum absolute atomic E-state index is 0.490. The van der Waals surface area contributed by atoms with E-state index < -0.39 is 70.2 Å². The van der Waals surface area contributed by atoms with Crippen LogP contribution in [0.25, 0.3) is 0 Å². The first-order chi connectivity index (χ1) is 13.0. The molecule has 0 aliphatic carbocycles. The Hall–Kier alpha value is -1.85. The highest BCUT2D eigenvalue weighted by Gasteiger charge is 2.87. The second-order valence-corrected chi connectivity index (χ2v) is 7.22. The van der Waals surface area contributed by atoms with Crippen LogP contribution in [0.1, 0.15) is 12.8 Å². The van der Waals surface area contributed by atoms with Gasteiger partial charge in [0.25, 0.3) is 0 Å². The zero-order valence-corrected chi connectivity index (χ0v) is 14.4. The molecule has 3 nitrogen and oxygen atoms in total. The summed E-state index contributed by atoms with van der Waals surface area (Å²) in [5.74, 6) is -31.5. The van der Waals surface area contributed by atoms with Crippen LogP contribution in [0, 0.1) is 28.1 Å². The molecule has 1 unspecified atom stereocenters. The average molecular weight is 492 g/mol. The predicted molar refractivity (Wildman–Crippen MR) is 67.8 cm³/mol. The third-order valence-electron chi connectivity index (χ3n) is 3.53. The Morgan fingerprint density at radius 2 is 1.07 bits per heavy atom. The van der Waals surface area contributed by atoms with Gasteiger partial charge in [-0.05, 0) is 6.42 Å². The molecular weight excluding hydrogens is 486 g/mol. The van der Waals surface area contributed by atoms with E-state index in [1.54, 1.807) is 0 Å². The molecule has 0 aliphatic rings. The summed E-state index contributed by atoms with van der Waals surface area (Å²) >= 11 is 0. The van der Waals surface area contributed by atoms with Crippen molar-refractivity contribution in [3.8, 4) is 12.1 Å². The van der Waals surface area contributed by atoms with Gasteiger partial charge in [0.15, 0.2) is 5.41 Å². The van der Waals surface area contributed by atoms with Crippen LogP contribution in [0.15, 0.2) is 0 Å². The van der Waals surface area contributed by atoms with Gasteiger partial charge in [0.05, 0.1) is 12.1 Å². The third-order valence-corrected chi connectivity index (χ3v) is 4.62. The Kier molecular flexibility index (Phi) is 7.51. The number of nitriles is 2. The lowest BCUT2D eigenvalue weighted by atomic mass is 9.79. The van der Waals surface area contributed by atoms with E-state index in [9.17, 15) is 65.7 Å². The van der Waals surface area contributed by atoms with Gasteiger partial charge in [0.2, 0.25) is 0 Å². The summed E-state index contributed by atoms with van der Waals surface area (Å²) in [7, 11) is -3.93. The largest absolute Gasteiger partial charge is 0.471 e. The van der Waals surface area contributed by atoms with Crippen molar-refractivity contribution in [1.82, 2.24) is 0 Å². The molecule has 0 fully saturated rings. The molecule has 1 atom stereocenters. The summed E-state index contributed by atoms with van der Waals surface area (Å²) in [5.41, 5.74) is -9.25. The Morgan fingerprint density at radius 1 is 0.667 bits per heavy atom. The van der Waals surface area contributed by atoms with Crippen molar-refractivity contribution in [3.05, 3.63) is 0 Å². The molecule has 18 heteroatoms. The van der Waals surface area contributed by atoms with E-state index in [-0.39, 0.29) is 0 Å². The van der Waals surface area contributed by atoms with Gasteiger partial charge < -0.3 is 0 Å². The molecule has 0 saturated heterocycles. The molecule has 0 spiro atoms. The minimum atomic E-state index is -7.80. The zero-order valence-electron chi connectivity index (χ0n) is 13.6. The molecule has 0 N–H and O–H groups in total. The molecule has 0 aliphatic heterocycles. The number of nitrogens with zero attached hydrogens (tertiary/aromatic N) is 2. The Balaban J connectivity index is 6.12. The van der Waals surface area contributed by atoms with E-state index in [0.717, 1.165) is 0 Å². The Labute approximate surface area is 159 Å². The van der Waals surface area contributed by atoms with Crippen LogP contribution >= 0.6 is 0 Å². The number of hydrogen-bond acceptors (Lipinski definition) is 3. The topological polar surface area (TPSA) is 64.7 Å². The van der Waals surface area contributed by atoms with Gasteiger partial charge in [0, 0.05) is 12.2 Å². The normalized spacial score (nSPS) is 16.0.